The van der Waals surface area contributed by atoms with Crippen molar-refractivity contribution in [2.45, 2.75) is 236 Å². The first-order valence-electron chi connectivity index (χ1n) is 28.1. The third-order valence-electron chi connectivity index (χ3n) is 21.5. The van der Waals surface area contributed by atoms with Crippen LogP contribution in [0.15, 0.2) is 0 Å². The molecule has 69 heavy (non-hydrogen) atoms. The van der Waals surface area contributed by atoms with Gasteiger partial charge in [-0.3, -0.25) is 0 Å². The number of ether oxygens (including phenoxy) is 8. The van der Waals surface area contributed by atoms with Crippen LogP contribution in [0.3, 0.4) is 0 Å². The summed E-state index contributed by atoms with van der Waals surface area (Å²) in [5, 5.41) is 3.88. The number of hydrogen-bond donors (Lipinski definition) is 1. The molecule has 15 nitrogen and oxygen atoms in total. The summed E-state index contributed by atoms with van der Waals surface area (Å²) in [6, 6.07) is -0.0316. The fraction of sp³-hybridized carbons (Fsp3) is 1.00. The second-order valence-electron chi connectivity index (χ2n) is 25.5. The molecule has 12 aliphatic heterocycles. The molecular formula is C54H87NO14. The Labute approximate surface area is 411 Å². The van der Waals surface area contributed by atoms with E-state index in [4.69, 9.17) is 67.2 Å². The zero-order valence-corrected chi connectivity index (χ0v) is 43.3. The minimum atomic E-state index is -0.787. The Morgan fingerprint density at radius 3 is 1.14 bits per heavy atom. The Hall–Kier alpha value is -0.600. The monoisotopic (exact) mass is 974 g/mol. The van der Waals surface area contributed by atoms with E-state index in [1.807, 2.05) is 20.8 Å². The van der Waals surface area contributed by atoms with Crippen molar-refractivity contribution in [3.63, 3.8) is 0 Å². The number of rotatable bonds is 14. The summed E-state index contributed by atoms with van der Waals surface area (Å²) in [6.07, 6.45) is 13.4. The molecule has 6 bridgehead atoms. The van der Waals surface area contributed by atoms with Gasteiger partial charge in [0.15, 0.2) is 35.7 Å². The van der Waals surface area contributed by atoms with Crippen molar-refractivity contribution in [1.82, 2.24) is 5.32 Å². The predicted molar refractivity (Wildman–Crippen MR) is 248 cm³/mol. The Morgan fingerprint density at radius 2 is 0.783 bits per heavy atom. The fourth-order valence-corrected chi connectivity index (χ4v) is 17.4. The molecule has 15 fully saturated rings. The maximum Gasteiger partial charge on any atom is 0.201 e. The lowest BCUT2D eigenvalue weighted by atomic mass is 9.57. The Balaban J connectivity index is 0.696. The molecule has 15 rings (SSSR count). The highest BCUT2D eigenvalue weighted by molar-refractivity contribution is 5.13. The van der Waals surface area contributed by atoms with Gasteiger partial charge in [-0.15, -0.1) is 0 Å². The first-order chi connectivity index (χ1) is 33.1. The zero-order valence-electron chi connectivity index (χ0n) is 43.3. The molecule has 0 aromatic carbocycles. The molecule has 0 amide bonds. The highest BCUT2D eigenvalue weighted by Crippen LogP contribution is 2.64. The quantitative estimate of drug-likeness (QED) is 0.131. The van der Waals surface area contributed by atoms with Crippen LogP contribution in [0.25, 0.3) is 0 Å². The fourth-order valence-electron chi connectivity index (χ4n) is 17.4. The summed E-state index contributed by atoms with van der Waals surface area (Å²) in [5.74, 6) is 2.04. The SMILES string of the molecule is C[C@@H]1CC[C@H]2[C@@H](C)C(CCNC(COCCC3O[C@@H]4O[C@@]5(C)CC[C@H]6[C@H](C)CC[C@@H]([C@H]3C)[C@@]46OO5)COCCC3O[C@@H]4O[C@]5(C)CC[C@H]6[C@H](C)CC[C@@H]([C@H]3C)[C@@]46OO5)O[C@@H]3O[C@@]4(C)CC[C@@H]1[C@]32OO4. The summed E-state index contributed by atoms with van der Waals surface area (Å²) < 4.78 is 54.1. The van der Waals surface area contributed by atoms with Crippen LogP contribution in [0.5, 0.6) is 0 Å². The molecular weight excluding hydrogens is 887 g/mol. The standard InChI is InChI=1S/C54H87NO14/c1-30-10-13-40-33(4)43(58-46-52(40)37(30)16-22-49(7,61-46)64-67-52)19-25-55-36(28-56-26-20-44-34(5)41-14-11-31(2)38-17-23-50(8)62-47(59-44)53(38,41)68-65-50)29-57-27-21-45-35(6)42-15-12-32(3)39-18-24-51(9)63-48(60-45)54(39,42)69-66-51/h30-48,55H,10-29H2,1-9H3/t30-,31-,32-,33-,34-,35-,36?,37+,38+,39+,40+,41+,42+,43?,44?,45?,46-,47-,48-,49-,50-,51+,52-,53-,54-/m1/s1. The molecule has 25 atom stereocenters. The third-order valence-corrected chi connectivity index (χ3v) is 21.5. The average molecular weight is 974 g/mol. The molecule has 3 spiro atoms. The first-order valence-corrected chi connectivity index (χ1v) is 28.1. The Morgan fingerprint density at radius 1 is 0.435 bits per heavy atom. The predicted octanol–water partition coefficient (Wildman–Crippen LogP) is 8.90. The number of nitrogens with one attached hydrogen (secondary N) is 1. The molecule has 12 saturated heterocycles. The van der Waals surface area contributed by atoms with Crippen LogP contribution in [0.4, 0.5) is 0 Å². The lowest BCUT2D eigenvalue weighted by molar-refractivity contribution is -0.571. The molecule has 0 aromatic rings. The molecule has 1 N–H and O–H groups in total. The van der Waals surface area contributed by atoms with E-state index in [9.17, 15) is 0 Å². The molecule has 15 aliphatic rings. The summed E-state index contributed by atoms with van der Waals surface area (Å²) >= 11 is 0. The summed E-state index contributed by atoms with van der Waals surface area (Å²) in [5.41, 5.74) is -1.68. The van der Waals surface area contributed by atoms with Crippen molar-refractivity contribution in [3.8, 4) is 0 Å². The van der Waals surface area contributed by atoms with Crippen LogP contribution in [0.2, 0.25) is 0 Å². The number of fused-ring (bicyclic) bond motifs is 6. The van der Waals surface area contributed by atoms with Crippen molar-refractivity contribution in [2.24, 2.45) is 71.0 Å². The minimum Gasteiger partial charge on any atom is -0.380 e. The maximum absolute atomic E-state index is 6.99. The van der Waals surface area contributed by atoms with E-state index in [1.165, 1.54) is 19.3 Å². The van der Waals surface area contributed by atoms with E-state index in [2.05, 4.69) is 46.9 Å². The van der Waals surface area contributed by atoms with Crippen molar-refractivity contribution in [3.05, 3.63) is 0 Å². The van der Waals surface area contributed by atoms with Gasteiger partial charge < -0.3 is 43.2 Å². The number of hydrogen-bond acceptors (Lipinski definition) is 15. The van der Waals surface area contributed by atoms with Gasteiger partial charge in [-0.2, -0.15) is 0 Å². The van der Waals surface area contributed by atoms with Gasteiger partial charge in [0.05, 0.1) is 37.6 Å². The van der Waals surface area contributed by atoms with Gasteiger partial charge in [0.2, 0.25) is 17.4 Å². The second kappa shape index (κ2) is 18.3. The molecule has 0 aromatic heterocycles. The molecule has 392 valence electrons. The summed E-state index contributed by atoms with van der Waals surface area (Å²) in [6.45, 7) is 23.0. The van der Waals surface area contributed by atoms with Crippen LogP contribution < -0.4 is 5.32 Å². The van der Waals surface area contributed by atoms with E-state index in [0.29, 0.717) is 79.7 Å². The van der Waals surface area contributed by atoms with Crippen molar-refractivity contribution in [1.29, 1.82) is 0 Å². The highest BCUT2D eigenvalue weighted by atomic mass is 17.3. The first kappa shape index (κ1) is 49.3. The van der Waals surface area contributed by atoms with Crippen LogP contribution in [-0.2, 0) is 67.2 Å². The van der Waals surface area contributed by atoms with Gasteiger partial charge in [0.1, 0.15) is 0 Å². The van der Waals surface area contributed by atoms with Crippen LogP contribution in [0.1, 0.15) is 159 Å². The van der Waals surface area contributed by atoms with Gasteiger partial charge in [-0.1, -0.05) is 41.5 Å². The van der Waals surface area contributed by atoms with E-state index in [1.54, 1.807) is 0 Å². The van der Waals surface area contributed by atoms with Gasteiger partial charge in [0.25, 0.3) is 0 Å². The lowest BCUT2D eigenvalue weighted by Gasteiger charge is -2.60. The normalized spacial score (nSPS) is 56.3. The molecule has 12 heterocycles. The van der Waals surface area contributed by atoms with Crippen LogP contribution in [0, 0.1) is 71.0 Å². The topological polar surface area (TPSA) is 141 Å². The molecule has 3 aliphatic carbocycles. The van der Waals surface area contributed by atoms with E-state index >= 15 is 0 Å². The molecule has 15 heteroatoms. The average Bonchev–Trinajstić information content (AvgIpc) is 3.81. The summed E-state index contributed by atoms with van der Waals surface area (Å²) in [7, 11) is 0. The van der Waals surface area contributed by atoms with Gasteiger partial charge >= 0.3 is 0 Å². The zero-order chi connectivity index (χ0) is 47.7. The van der Waals surface area contributed by atoms with E-state index < -0.39 is 53.0 Å². The molecule has 4 unspecified atom stereocenters. The third kappa shape index (κ3) is 7.95. The highest BCUT2D eigenvalue weighted by Gasteiger charge is 2.72. The molecule has 3 saturated carbocycles. The Bertz CT molecular complexity index is 1760. The van der Waals surface area contributed by atoms with E-state index in [-0.39, 0.29) is 42.1 Å². The Kier molecular flexibility index (Phi) is 13.1. The van der Waals surface area contributed by atoms with Gasteiger partial charge in [0, 0.05) is 50.2 Å². The van der Waals surface area contributed by atoms with Crippen LogP contribution in [-0.4, -0.2) is 110 Å². The smallest absolute Gasteiger partial charge is 0.201 e. The van der Waals surface area contributed by atoms with Gasteiger partial charge in [-0.05, 0) is 158 Å². The summed E-state index contributed by atoms with van der Waals surface area (Å²) in [4.78, 5) is 37.6. The van der Waals surface area contributed by atoms with Crippen LogP contribution >= 0.6 is 0 Å². The minimum absolute atomic E-state index is 0.00548. The van der Waals surface area contributed by atoms with Crippen molar-refractivity contribution < 1.29 is 67.2 Å². The largest absolute Gasteiger partial charge is 0.380 e. The lowest BCUT2D eigenvalue weighted by Crippen LogP contribution is -2.70. The van der Waals surface area contributed by atoms with E-state index in [0.717, 1.165) is 83.6 Å². The maximum atomic E-state index is 6.99. The van der Waals surface area contributed by atoms with Crippen molar-refractivity contribution >= 4 is 0 Å². The van der Waals surface area contributed by atoms with Crippen molar-refractivity contribution in [2.75, 3.05) is 33.0 Å². The van der Waals surface area contributed by atoms with Gasteiger partial charge in [-0.25, -0.2) is 29.3 Å². The molecule has 0 radical (unpaired) electrons. The second-order valence-corrected chi connectivity index (χ2v) is 25.5.